The van der Waals surface area contributed by atoms with Crippen LogP contribution in [0.3, 0.4) is 0 Å². The minimum atomic E-state index is -0.966. The highest BCUT2D eigenvalue weighted by molar-refractivity contribution is 6.30. The summed E-state index contributed by atoms with van der Waals surface area (Å²) in [5.74, 6) is 0.248. The lowest BCUT2D eigenvalue weighted by molar-refractivity contribution is -0.123. The van der Waals surface area contributed by atoms with Crippen LogP contribution in [-0.4, -0.2) is 18.0 Å². The number of anilines is 1. The molecule has 0 aromatic heterocycles. The van der Waals surface area contributed by atoms with Crippen LogP contribution >= 0.6 is 11.6 Å². The SMILES string of the molecule is C[C@H](OC(=O)c1ccc(Oc2ccccc2)cc1)C(=O)Nc1cccc(Cl)c1. The molecule has 142 valence electrons. The first-order valence-electron chi connectivity index (χ1n) is 8.61. The van der Waals surface area contributed by atoms with Gasteiger partial charge < -0.3 is 14.8 Å². The topological polar surface area (TPSA) is 64.6 Å². The van der Waals surface area contributed by atoms with E-state index in [2.05, 4.69) is 5.32 Å². The predicted octanol–water partition coefficient (Wildman–Crippen LogP) is 5.32. The van der Waals surface area contributed by atoms with E-state index in [-0.39, 0.29) is 0 Å². The van der Waals surface area contributed by atoms with Gasteiger partial charge in [-0.2, -0.15) is 0 Å². The number of hydrogen-bond donors (Lipinski definition) is 1. The summed E-state index contributed by atoms with van der Waals surface area (Å²) in [5.41, 5.74) is 0.852. The second kappa shape index (κ2) is 9.06. The molecule has 0 aliphatic heterocycles. The van der Waals surface area contributed by atoms with E-state index in [1.54, 1.807) is 48.5 Å². The first kappa shape index (κ1) is 19.5. The molecule has 1 amide bonds. The molecule has 0 heterocycles. The fourth-order valence-electron chi connectivity index (χ4n) is 2.38. The molecule has 3 aromatic rings. The van der Waals surface area contributed by atoms with Crippen LogP contribution in [0.5, 0.6) is 11.5 Å². The lowest BCUT2D eigenvalue weighted by Gasteiger charge is -2.14. The Balaban J connectivity index is 1.56. The first-order valence-corrected chi connectivity index (χ1v) is 8.99. The van der Waals surface area contributed by atoms with Crippen LogP contribution in [0.25, 0.3) is 0 Å². The molecule has 3 rings (SSSR count). The van der Waals surface area contributed by atoms with E-state index in [1.807, 2.05) is 30.3 Å². The van der Waals surface area contributed by atoms with Crippen LogP contribution in [0.1, 0.15) is 17.3 Å². The Labute approximate surface area is 167 Å². The third-order valence-electron chi connectivity index (χ3n) is 3.81. The number of benzene rings is 3. The molecule has 1 atom stereocenters. The van der Waals surface area contributed by atoms with Gasteiger partial charge in [0.25, 0.3) is 5.91 Å². The van der Waals surface area contributed by atoms with Crippen molar-refractivity contribution in [2.75, 3.05) is 5.32 Å². The molecule has 28 heavy (non-hydrogen) atoms. The zero-order chi connectivity index (χ0) is 19.9. The van der Waals surface area contributed by atoms with E-state index < -0.39 is 18.0 Å². The van der Waals surface area contributed by atoms with Crippen molar-refractivity contribution in [2.24, 2.45) is 0 Å². The second-order valence-electron chi connectivity index (χ2n) is 5.99. The molecule has 0 aliphatic carbocycles. The molecular weight excluding hydrogens is 378 g/mol. The largest absolute Gasteiger partial charge is 0.457 e. The molecule has 0 bridgehead atoms. The van der Waals surface area contributed by atoms with Crippen molar-refractivity contribution in [2.45, 2.75) is 13.0 Å². The Morgan fingerprint density at radius 3 is 2.25 bits per heavy atom. The fraction of sp³-hybridized carbons (Fsp3) is 0.0909. The molecule has 0 saturated heterocycles. The zero-order valence-corrected chi connectivity index (χ0v) is 15.8. The van der Waals surface area contributed by atoms with Crippen molar-refractivity contribution in [1.29, 1.82) is 0 Å². The van der Waals surface area contributed by atoms with Crippen molar-refractivity contribution in [3.8, 4) is 11.5 Å². The molecule has 0 spiro atoms. The molecular formula is C22H18ClNO4. The number of para-hydroxylation sites is 1. The van der Waals surface area contributed by atoms with Gasteiger partial charge in [-0.25, -0.2) is 4.79 Å². The third-order valence-corrected chi connectivity index (χ3v) is 4.05. The zero-order valence-electron chi connectivity index (χ0n) is 15.1. The Morgan fingerprint density at radius 2 is 1.57 bits per heavy atom. The van der Waals surface area contributed by atoms with Crippen LogP contribution in [0, 0.1) is 0 Å². The molecule has 3 aromatic carbocycles. The monoisotopic (exact) mass is 395 g/mol. The van der Waals surface area contributed by atoms with Crippen LogP contribution in [0.15, 0.2) is 78.9 Å². The maximum Gasteiger partial charge on any atom is 0.338 e. The Morgan fingerprint density at radius 1 is 0.893 bits per heavy atom. The number of amides is 1. The van der Waals surface area contributed by atoms with E-state index in [1.165, 1.54) is 6.92 Å². The van der Waals surface area contributed by atoms with Crippen LogP contribution in [-0.2, 0) is 9.53 Å². The maximum atomic E-state index is 12.3. The van der Waals surface area contributed by atoms with E-state index in [0.717, 1.165) is 0 Å². The predicted molar refractivity (Wildman–Crippen MR) is 108 cm³/mol. The number of esters is 1. The maximum absolute atomic E-state index is 12.3. The van der Waals surface area contributed by atoms with Crippen molar-refractivity contribution in [3.05, 3.63) is 89.4 Å². The first-order chi connectivity index (χ1) is 13.5. The second-order valence-corrected chi connectivity index (χ2v) is 6.42. The van der Waals surface area contributed by atoms with Crippen molar-refractivity contribution in [3.63, 3.8) is 0 Å². The summed E-state index contributed by atoms with van der Waals surface area (Å²) in [6.07, 6.45) is -0.966. The number of nitrogens with one attached hydrogen (secondary N) is 1. The Kier molecular flexibility index (Phi) is 6.29. The van der Waals surface area contributed by atoms with E-state index in [9.17, 15) is 9.59 Å². The molecule has 6 heteroatoms. The van der Waals surface area contributed by atoms with Crippen LogP contribution in [0.4, 0.5) is 5.69 Å². The number of halogens is 1. The molecule has 5 nitrogen and oxygen atoms in total. The number of carbonyl (C=O) groups is 2. The molecule has 0 radical (unpaired) electrons. The lowest BCUT2D eigenvalue weighted by atomic mass is 10.2. The van der Waals surface area contributed by atoms with Crippen LogP contribution < -0.4 is 10.1 Å². The van der Waals surface area contributed by atoms with Gasteiger partial charge in [-0.15, -0.1) is 0 Å². The average molecular weight is 396 g/mol. The Bertz CT molecular complexity index is 958. The summed E-state index contributed by atoms with van der Waals surface area (Å²) < 4.78 is 10.9. The van der Waals surface area contributed by atoms with Gasteiger partial charge in [-0.1, -0.05) is 35.9 Å². The van der Waals surface area contributed by atoms with Gasteiger partial charge in [0, 0.05) is 10.7 Å². The molecule has 0 aliphatic rings. The summed E-state index contributed by atoms with van der Waals surface area (Å²) in [4.78, 5) is 24.5. The highest BCUT2D eigenvalue weighted by Crippen LogP contribution is 2.21. The van der Waals surface area contributed by atoms with Gasteiger partial charge in [0.1, 0.15) is 11.5 Å². The minimum absolute atomic E-state index is 0.322. The Hall–Kier alpha value is -3.31. The highest BCUT2D eigenvalue weighted by atomic mass is 35.5. The van der Waals surface area contributed by atoms with Crippen LogP contribution in [0.2, 0.25) is 5.02 Å². The van der Waals surface area contributed by atoms with E-state index >= 15 is 0 Å². The normalized spacial score (nSPS) is 11.4. The lowest BCUT2D eigenvalue weighted by Crippen LogP contribution is -2.30. The van der Waals surface area contributed by atoms with Gasteiger partial charge in [0.15, 0.2) is 6.10 Å². The van der Waals surface area contributed by atoms with E-state index in [0.29, 0.717) is 27.8 Å². The van der Waals surface area contributed by atoms with Crippen molar-refractivity contribution >= 4 is 29.2 Å². The quantitative estimate of drug-likeness (QED) is 0.574. The third kappa shape index (κ3) is 5.34. The smallest absolute Gasteiger partial charge is 0.338 e. The van der Waals surface area contributed by atoms with Gasteiger partial charge >= 0.3 is 5.97 Å². The van der Waals surface area contributed by atoms with Gasteiger partial charge in [0.05, 0.1) is 5.56 Å². The van der Waals surface area contributed by atoms with Crippen molar-refractivity contribution < 1.29 is 19.1 Å². The van der Waals surface area contributed by atoms with Gasteiger partial charge in [-0.05, 0) is 61.5 Å². The van der Waals surface area contributed by atoms with Gasteiger partial charge in [0.2, 0.25) is 0 Å². The summed E-state index contributed by atoms with van der Waals surface area (Å²) in [5, 5.41) is 3.16. The molecule has 1 N–H and O–H groups in total. The van der Waals surface area contributed by atoms with Gasteiger partial charge in [-0.3, -0.25) is 4.79 Å². The highest BCUT2D eigenvalue weighted by Gasteiger charge is 2.19. The summed E-state index contributed by atoms with van der Waals surface area (Å²) in [7, 11) is 0. The summed E-state index contributed by atoms with van der Waals surface area (Å²) >= 11 is 5.89. The minimum Gasteiger partial charge on any atom is -0.457 e. The molecule has 0 fully saturated rings. The molecule has 0 saturated carbocycles. The summed E-state index contributed by atoms with van der Waals surface area (Å²) in [6, 6.07) is 22.5. The van der Waals surface area contributed by atoms with E-state index in [4.69, 9.17) is 21.1 Å². The number of ether oxygens (including phenoxy) is 2. The number of carbonyl (C=O) groups excluding carboxylic acids is 2. The summed E-state index contributed by atoms with van der Waals surface area (Å²) in [6.45, 7) is 1.50. The number of hydrogen-bond acceptors (Lipinski definition) is 4. The average Bonchev–Trinajstić information content (AvgIpc) is 2.69. The fourth-order valence-corrected chi connectivity index (χ4v) is 2.57. The number of rotatable bonds is 6. The standard InChI is InChI=1S/C22H18ClNO4/c1-15(21(25)24-18-7-5-6-17(23)14-18)27-22(26)16-10-12-20(13-11-16)28-19-8-3-2-4-9-19/h2-15H,1H3,(H,24,25)/t15-/m0/s1. The van der Waals surface area contributed by atoms with Crippen molar-refractivity contribution in [1.82, 2.24) is 0 Å². The molecule has 0 unspecified atom stereocenters.